The minimum Gasteiger partial charge on any atom is -0.481 e. The lowest BCUT2D eigenvalue weighted by Crippen LogP contribution is -2.31. The molecule has 31 nitrogen and oxygen atoms in total. The predicted octanol–water partition coefficient (Wildman–Crippen LogP) is 4.14. The zero-order valence-corrected chi connectivity index (χ0v) is 60.0. The number of benzene rings is 2. The molecule has 0 aliphatic carbocycles. The van der Waals surface area contributed by atoms with Crippen molar-refractivity contribution in [2.24, 2.45) is 0 Å². The van der Waals surface area contributed by atoms with Gasteiger partial charge in [-0.3, -0.25) is 4.79 Å². The summed E-state index contributed by atoms with van der Waals surface area (Å²) in [5, 5.41) is 10.0. The van der Waals surface area contributed by atoms with E-state index in [-0.39, 0.29) is 12.0 Å². The van der Waals surface area contributed by atoms with E-state index in [2.05, 4.69) is 4.90 Å². The molecule has 2 heterocycles. The molecule has 0 fully saturated rings. The molecule has 0 bridgehead atoms. The number of methoxy groups -OCH3 is 2. The number of hydrogen-bond acceptors (Lipinski definition) is 29. The van der Waals surface area contributed by atoms with Gasteiger partial charge in [-0.05, 0) is 36.8 Å². The SMILES string of the molecule is COCCOCCOCCOCCOCCOCCOCCOCCOCCOCCOCCOCCN(CCOCCOCCOCCOCCOCCOCCOCCOCCOCCOCCOCCOC)c1ccc2cc(-c3nc4ccccc4n3CCCC(=O)O)c(=O)oc2c1. The minimum absolute atomic E-state index is 0.0187. The van der Waals surface area contributed by atoms with Gasteiger partial charge in [0.1, 0.15) is 17.0 Å². The van der Waals surface area contributed by atoms with Gasteiger partial charge in [-0.15, -0.1) is 0 Å². The molecule has 0 amide bonds. The third-order valence-corrected chi connectivity index (χ3v) is 14.1. The average molecular weight is 1450 g/mol. The minimum atomic E-state index is -0.893. The van der Waals surface area contributed by atoms with E-state index in [4.69, 9.17) is 123 Å². The molecule has 0 spiro atoms. The zero-order chi connectivity index (χ0) is 71.5. The summed E-state index contributed by atoms with van der Waals surface area (Å²) >= 11 is 0. The first-order chi connectivity index (χ1) is 50.0. The summed E-state index contributed by atoms with van der Waals surface area (Å²) in [5.74, 6) is -0.474. The molecule has 101 heavy (non-hydrogen) atoms. The Morgan fingerprint density at radius 3 is 0.970 bits per heavy atom. The molecule has 4 rings (SSSR count). The van der Waals surface area contributed by atoms with E-state index in [0.717, 1.165) is 11.2 Å². The van der Waals surface area contributed by atoms with Gasteiger partial charge in [-0.1, -0.05) is 12.1 Å². The Morgan fingerprint density at radius 2 is 0.673 bits per heavy atom. The van der Waals surface area contributed by atoms with Crippen LogP contribution in [0.25, 0.3) is 33.4 Å². The number of para-hydroxylation sites is 2. The molecule has 31 heteroatoms. The standard InChI is InChI=1S/C70H117N3O28/c1-77-16-18-81-24-26-85-32-34-89-40-42-93-48-50-97-56-58-99-54-52-95-46-44-91-38-36-87-30-28-83-22-20-79-14-12-72(63-10-9-62-60-64(70(76)101-67(62)61-63)69-71-65-6-3-4-7-66(65)73(69)11-5-8-68(74)75)13-15-80-21-23-84-29-31-88-37-39-92-45-47-96-53-55-100-59-57-98-51-49-94-43-41-90-35-33-86-27-25-82-19-17-78-2/h3-4,6-7,9-10,60-61H,5,8,11-59H2,1-2H3,(H,74,75). The molecular weight excluding hydrogens is 1330 g/mol. The van der Waals surface area contributed by atoms with E-state index in [1.165, 1.54) is 0 Å². The molecule has 0 unspecified atom stereocenters. The molecular formula is C70H117N3O28. The van der Waals surface area contributed by atoms with E-state index < -0.39 is 11.6 Å². The van der Waals surface area contributed by atoms with Crippen LogP contribution in [0.2, 0.25) is 0 Å². The van der Waals surface area contributed by atoms with Crippen LogP contribution in [0.4, 0.5) is 5.69 Å². The van der Waals surface area contributed by atoms with Gasteiger partial charge in [-0.25, -0.2) is 9.78 Å². The van der Waals surface area contributed by atoms with Crippen LogP contribution in [0.5, 0.6) is 0 Å². The van der Waals surface area contributed by atoms with Crippen molar-refractivity contribution in [1.29, 1.82) is 0 Å². The molecule has 1 N–H and O–H groups in total. The highest BCUT2D eigenvalue weighted by atomic mass is 16.6. The molecule has 0 aliphatic heterocycles. The number of aliphatic carboxylic acids is 1. The maximum Gasteiger partial charge on any atom is 0.347 e. The molecule has 4 aromatic rings. The van der Waals surface area contributed by atoms with Crippen LogP contribution in [0, 0.1) is 0 Å². The highest BCUT2D eigenvalue weighted by Crippen LogP contribution is 2.28. The summed E-state index contributed by atoms with van der Waals surface area (Å²) in [4.78, 5) is 32.0. The molecule has 2 aromatic heterocycles. The monoisotopic (exact) mass is 1450 g/mol. The smallest absolute Gasteiger partial charge is 0.347 e. The molecule has 0 saturated carbocycles. The fraction of sp³-hybridized carbons (Fsp3) is 0.757. The first-order valence-corrected chi connectivity index (χ1v) is 35.2. The van der Waals surface area contributed by atoms with Crippen LogP contribution >= 0.6 is 0 Å². The number of carboxylic acids is 1. The number of anilines is 1. The van der Waals surface area contributed by atoms with Gasteiger partial charge in [0.2, 0.25) is 0 Å². The number of imidazole rings is 1. The van der Waals surface area contributed by atoms with Gasteiger partial charge in [0.15, 0.2) is 0 Å². The van der Waals surface area contributed by atoms with Crippen molar-refractivity contribution in [1.82, 2.24) is 9.55 Å². The Balaban J connectivity index is 0.998. The fourth-order valence-corrected chi connectivity index (χ4v) is 8.95. The number of aryl methyl sites for hydroxylation is 1. The lowest BCUT2D eigenvalue weighted by atomic mass is 10.1. The number of rotatable bonds is 78. The number of fused-ring (bicyclic) bond motifs is 2. The largest absolute Gasteiger partial charge is 0.481 e. The summed E-state index contributed by atoms with van der Waals surface area (Å²) in [6.45, 7) is 22.9. The lowest BCUT2D eigenvalue weighted by Gasteiger charge is -2.25. The van der Waals surface area contributed by atoms with Gasteiger partial charge >= 0.3 is 11.6 Å². The van der Waals surface area contributed by atoms with Crippen molar-refractivity contribution >= 4 is 33.7 Å². The first kappa shape index (κ1) is 88.8. The Kier molecular flexibility index (Phi) is 58.2. The van der Waals surface area contributed by atoms with Crippen molar-refractivity contribution < 1.29 is 128 Å². The van der Waals surface area contributed by atoms with Crippen LogP contribution in [0.3, 0.4) is 0 Å². The highest BCUT2D eigenvalue weighted by Gasteiger charge is 2.19. The number of nitrogens with zero attached hydrogens (tertiary/aromatic N) is 3. The van der Waals surface area contributed by atoms with E-state index in [1.54, 1.807) is 20.3 Å². The van der Waals surface area contributed by atoms with Gasteiger partial charge in [0, 0.05) is 57.4 Å². The quantitative estimate of drug-likeness (QED) is 0.0480. The van der Waals surface area contributed by atoms with Gasteiger partial charge in [0.25, 0.3) is 0 Å². The maximum absolute atomic E-state index is 13.7. The maximum atomic E-state index is 13.7. The van der Waals surface area contributed by atoms with Crippen LogP contribution in [0.1, 0.15) is 12.8 Å². The van der Waals surface area contributed by atoms with E-state index >= 15 is 0 Å². The second-order valence-electron chi connectivity index (χ2n) is 21.7. The van der Waals surface area contributed by atoms with Crippen molar-refractivity contribution in [3.05, 3.63) is 59.0 Å². The Labute approximate surface area is 595 Å². The van der Waals surface area contributed by atoms with Gasteiger partial charge < -0.3 is 133 Å². The molecule has 2 aromatic carbocycles. The summed E-state index contributed by atoms with van der Waals surface area (Å²) in [5.41, 5.74) is 2.43. The van der Waals surface area contributed by atoms with Crippen LogP contribution < -0.4 is 10.5 Å². The van der Waals surface area contributed by atoms with E-state index in [0.29, 0.717) is 352 Å². The number of ether oxygens (including phenoxy) is 24. The summed E-state index contributed by atoms with van der Waals surface area (Å²) in [6.07, 6.45) is 0.347. The number of aromatic nitrogens is 2. The second kappa shape index (κ2) is 66.1. The first-order valence-electron chi connectivity index (χ1n) is 35.2. The summed E-state index contributed by atoms with van der Waals surface area (Å²) in [7, 11) is 3.28. The molecule has 0 atom stereocenters. The average Bonchev–Trinajstić information content (AvgIpc) is 1.67. The zero-order valence-electron chi connectivity index (χ0n) is 60.0. The Bertz CT molecular complexity index is 2500. The second-order valence-corrected chi connectivity index (χ2v) is 21.7. The third kappa shape index (κ3) is 48.2. The van der Waals surface area contributed by atoms with Crippen LogP contribution in [0.15, 0.2) is 57.7 Å². The normalized spacial score (nSPS) is 11.8. The fourth-order valence-electron chi connectivity index (χ4n) is 8.95. The lowest BCUT2D eigenvalue weighted by molar-refractivity contribution is -0.137. The molecule has 0 saturated heterocycles. The molecule has 0 aliphatic rings. The predicted molar refractivity (Wildman–Crippen MR) is 372 cm³/mol. The third-order valence-electron chi connectivity index (χ3n) is 14.1. The Hall–Kier alpha value is -4.57. The number of carbonyl (C=O) groups is 1. The van der Waals surface area contributed by atoms with Crippen molar-refractivity contribution in [3.63, 3.8) is 0 Å². The summed E-state index contributed by atoms with van der Waals surface area (Å²) < 4.78 is 140. The van der Waals surface area contributed by atoms with Crippen LogP contribution in [-0.4, -0.2) is 352 Å². The van der Waals surface area contributed by atoms with E-state index in [9.17, 15) is 14.7 Å². The molecule has 0 radical (unpaired) electrons. The highest BCUT2D eigenvalue weighted by molar-refractivity contribution is 5.86. The van der Waals surface area contributed by atoms with Gasteiger partial charge in [-0.2, -0.15) is 0 Å². The molecule has 580 valence electrons. The van der Waals surface area contributed by atoms with Crippen molar-refractivity contribution in [2.45, 2.75) is 19.4 Å². The topological polar surface area (TPSA) is 310 Å². The van der Waals surface area contributed by atoms with Crippen LogP contribution in [-0.2, 0) is 125 Å². The summed E-state index contributed by atoms with van der Waals surface area (Å²) in [6, 6.07) is 15.0. The Morgan fingerprint density at radius 1 is 0.386 bits per heavy atom. The number of hydrogen-bond donors (Lipinski definition) is 1. The van der Waals surface area contributed by atoms with E-state index in [1.807, 2.05) is 47.0 Å². The van der Waals surface area contributed by atoms with Crippen molar-refractivity contribution in [3.8, 4) is 11.4 Å². The van der Waals surface area contributed by atoms with Crippen molar-refractivity contribution in [2.75, 3.05) is 336 Å². The number of carboxylic acid groups (broad SMARTS) is 1. The van der Waals surface area contributed by atoms with Gasteiger partial charge in [0.05, 0.1) is 315 Å².